The number of nitrogens with zero attached hydrogens (tertiary/aromatic N) is 2. The lowest BCUT2D eigenvalue weighted by atomic mass is 10.1. The van der Waals surface area contributed by atoms with E-state index in [4.69, 9.17) is 0 Å². The van der Waals surface area contributed by atoms with Gasteiger partial charge in [-0.25, -0.2) is 0 Å². The van der Waals surface area contributed by atoms with E-state index in [0.29, 0.717) is 13.0 Å². The molecule has 0 spiro atoms. The number of carbonyl (C=O) groups excluding carboxylic acids is 2. The predicted octanol–water partition coefficient (Wildman–Crippen LogP) is 2.85. The molecule has 1 fully saturated rings. The van der Waals surface area contributed by atoms with Gasteiger partial charge in [0.2, 0.25) is 5.78 Å². The van der Waals surface area contributed by atoms with Gasteiger partial charge in [0.05, 0.1) is 0 Å². The molecule has 0 bridgehead atoms. The summed E-state index contributed by atoms with van der Waals surface area (Å²) in [5.41, 5.74) is 1.27. The summed E-state index contributed by atoms with van der Waals surface area (Å²) in [4.78, 5) is 28.4. The maximum absolute atomic E-state index is 11.9. The SMILES string of the molecule is CCCCCCCC(=O)C(=O)NCCN1CCN(c2ccccc2)CC1. The molecule has 5 nitrogen and oxygen atoms in total. The minimum Gasteiger partial charge on any atom is -0.369 e. The van der Waals surface area contributed by atoms with Crippen molar-refractivity contribution in [3.63, 3.8) is 0 Å². The molecule has 0 unspecified atom stereocenters. The van der Waals surface area contributed by atoms with E-state index in [1.54, 1.807) is 0 Å². The van der Waals surface area contributed by atoms with Gasteiger partial charge in [-0.15, -0.1) is 0 Å². The van der Waals surface area contributed by atoms with Crippen LogP contribution in [0.2, 0.25) is 0 Å². The third kappa shape index (κ3) is 7.16. The average molecular weight is 360 g/mol. The number of unbranched alkanes of at least 4 members (excludes halogenated alkanes) is 4. The molecule has 1 aliphatic heterocycles. The molecule has 26 heavy (non-hydrogen) atoms. The van der Waals surface area contributed by atoms with Gasteiger partial charge in [-0.05, 0) is 18.6 Å². The summed E-state index contributed by atoms with van der Waals surface area (Å²) in [7, 11) is 0. The summed E-state index contributed by atoms with van der Waals surface area (Å²) in [5.74, 6) is -0.682. The fourth-order valence-corrected chi connectivity index (χ4v) is 3.30. The van der Waals surface area contributed by atoms with E-state index in [2.05, 4.69) is 46.3 Å². The molecule has 1 N–H and O–H groups in total. The van der Waals surface area contributed by atoms with Crippen molar-refractivity contribution in [2.75, 3.05) is 44.2 Å². The molecule has 1 aliphatic rings. The van der Waals surface area contributed by atoms with Crippen LogP contribution < -0.4 is 10.2 Å². The van der Waals surface area contributed by atoms with Crippen molar-refractivity contribution in [1.29, 1.82) is 0 Å². The molecule has 0 atom stereocenters. The summed E-state index contributed by atoms with van der Waals surface area (Å²) in [6, 6.07) is 10.5. The summed E-state index contributed by atoms with van der Waals surface area (Å²) in [6.45, 7) is 7.47. The number of hydrogen-bond acceptors (Lipinski definition) is 4. The lowest BCUT2D eigenvalue weighted by Gasteiger charge is -2.36. The van der Waals surface area contributed by atoms with Crippen LogP contribution in [-0.4, -0.2) is 55.9 Å². The number of nitrogens with one attached hydrogen (secondary N) is 1. The van der Waals surface area contributed by atoms with Crippen molar-refractivity contribution in [3.8, 4) is 0 Å². The maximum Gasteiger partial charge on any atom is 0.287 e. The van der Waals surface area contributed by atoms with Crippen molar-refractivity contribution in [1.82, 2.24) is 10.2 Å². The molecule has 5 heteroatoms. The Hall–Kier alpha value is -1.88. The van der Waals surface area contributed by atoms with Crippen molar-refractivity contribution in [2.24, 2.45) is 0 Å². The quantitative estimate of drug-likeness (QED) is 0.488. The number of ketones is 1. The van der Waals surface area contributed by atoms with Crippen LogP contribution in [-0.2, 0) is 9.59 Å². The number of anilines is 1. The zero-order valence-corrected chi connectivity index (χ0v) is 16.1. The molecule has 144 valence electrons. The minimum atomic E-state index is -0.414. The Morgan fingerprint density at radius 3 is 2.35 bits per heavy atom. The molecule has 2 rings (SSSR count). The summed E-state index contributed by atoms with van der Waals surface area (Å²) >= 11 is 0. The van der Waals surface area contributed by atoms with Gasteiger partial charge >= 0.3 is 0 Å². The highest BCUT2D eigenvalue weighted by Gasteiger charge is 2.17. The molecule has 0 aliphatic carbocycles. The largest absolute Gasteiger partial charge is 0.369 e. The van der Waals surface area contributed by atoms with Crippen molar-refractivity contribution in [3.05, 3.63) is 30.3 Å². The zero-order chi connectivity index (χ0) is 18.6. The fourth-order valence-electron chi connectivity index (χ4n) is 3.30. The number of rotatable bonds is 11. The van der Waals surface area contributed by atoms with E-state index >= 15 is 0 Å². The molecule has 1 saturated heterocycles. The molecule has 0 aromatic heterocycles. The third-order valence-electron chi connectivity index (χ3n) is 4.97. The molecule has 1 heterocycles. The second kappa shape index (κ2) is 11.7. The number of amides is 1. The van der Waals surface area contributed by atoms with Crippen LogP contribution in [0.3, 0.4) is 0 Å². The molecule has 1 amide bonds. The van der Waals surface area contributed by atoms with Gasteiger partial charge in [-0.1, -0.05) is 50.8 Å². The van der Waals surface area contributed by atoms with Crippen molar-refractivity contribution >= 4 is 17.4 Å². The second-order valence-corrected chi connectivity index (χ2v) is 7.01. The van der Waals surface area contributed by atoms with Crippen LogP contribution in [0.4, 0.5) is 5.69 Å². The molecular weight excluding hydrogens is 326 g/mol. The molecule has 0 saturated carbocycles. The van der Waals surface area contributed by atoms with Crippen LogP contribution in [0, 0.1) is 0 Å². The normalized spacial score (nSPS) is 15.0. The van der Waals surface area contributed by atoms with Crippen LogP contribution in [0.15, 0.2) is 30.3 Å². The summed E-state index contributed by atoms with van der Waals surface area (Å²) in [6.07, 6.45) is 5.80. The smallest absolute Gasteiger partial charge is 0.287 e. The molecular formula is C21H33N3O2. The Balaban J connectivity index is 1.56. The van der Waals surface area contributed by atoms with Gasteiger partial charge in [-0.2, -0.15) is 0 Å². The van der Waals surface area contributed by atoms with E-state index in [1.165, 1.54) is 18.5 Å². The first-order valence-corrected chi connectivity index (χ1v) is 10.0. The number of para-hydroxylation sites is 1. The highest BCUT2D eigenvalue weighted by atomic mass is 16.2. The number of benzene rings is 1. The van der Waals surface area contributed by atoms with Gasteiger partial charge in [0.25, 0.3) is 5.91 Å². The van der Waals surface area contributed by atoms with E-state index < -0.39 is 5.91 Å². The van der Waals surface area contributed by atoms with Crippen LogP contribution in [0.5, 0.6) is 0 Å². The lowest BCUT2D eigenvalue weighted by molar-refractivity contribution is -0.138. The van der Waals surface area contributed by atoms with Crippen LogP contribution in [0.25, 0.3) is 0 Å². The Kier molecular flexibility index (Phi) is 9.18. The number of piperazine rings is 1. The van der Waals surface area contributed by atoms with Gasteiger partial charge in [0.15, 0.2) is 0 Å². The summed E-state index contributed by atoms with van der Waals surface area (Å²) in [5, 5.41) is 2.78. The van der Waals surface area contributed by atoms with Crippen LogP contribution >= 0.6 is 0 Å². The first-order chi connectivity index (χ1) is 12.7. The topological polar surface area (TPSA) is 52.7 Å². The van der Waals surface area contributed by atoms with Gasteiger partial charge in [-0.3, -0.25) is 14.5 Å². The first-order valence-electron chi connectivity index (χ1n) is 10.0. The number of hydrogen-bond donors (Lipinski definition) is 1. The number of Topliss-reactive ketones (excluding diaryl/α,β-unsaturated/α-hetero) is 1. The lowest BCUT2D eigenvalue weighted by Crippen LogP contribution is -2.48. The van der Waals surface area contributed by atoms with Gasteiger partial charge in [0.1, 0.15) is 0 Å². The maximum atomic E-state index is 11.9. The third-order valence-corrected chi connectivity index (χ3v) is 4.97. The van der Waals surface area contributed by atoms with Crippen molar-refractivity contribution < 1.29 is 9.59 Å². The standard InChI is InChI=1S/C21H33N3O2/c1-2-3-4-5-9-12-20(25)21(26)22-13-14-23-15-17-24(18-16-23)19-10-7-6-8-11-19/h6-8,10-11H,2-5,9,12-18H2,1H3,(H,22,26). The van der Waals surface area contributed by atoms with E-state index in [0.717, 1.165) is 52.0 Å². The van der Waals surface area contributed by atoms with Gasteiger partial charge < -0.3 is 10.2 Å². The second-order valence-electron chi connectivity index (χ2n) is 7.01. The Labute approximate surface area is 157 Å². The summed E-state index contributed by atoms with van der Waals surface area (Å²) < 4.78 is 0. The molecule has 0 radical (unpaired) electrons. The highest BCUT2D eigenvalue weighted by molar-refractivity contribution is 6.36. The Bertz CT molecular complexity index is 539. The Morgan fingerprint density at radius 1 is 0.962 bits per heavy atom. The first kappa shape index (κ1) is 20.4. The van der Waals surface area contributed by atoms with Gasteiger partial charge in [0, 0.05) is 51.4 Å². The fraction of sp³-hybridized carbons (Fsp3) is 0.619. The van der Waals surface area contributed by atoms with Crippen LogP contribution in [0.1, 0.15) is 45.4 Å². The van der Waals surface area contributed by atoms with E-state index in [1.807, 2.05) is 6.07 Å². The zero-order valence-electron chi connectivity index (χ0n) is 16.1. The van der Waals surface area contributed by atoms with E-state index in [-0.39, 0.29) is 5.78 Å². The van der Waals surface area contributed by atoms with Crippen molar-refractivity contribution in [2.45, 2.75) is 45.4 Å². The number of carbonyl (C=O) groups is 2. The minimum absolute atomic E-state index is 0.268. The average Bonchev–Trinajstić information content (AvgIpc) is 2.69. The Morgan fingerprint density at radius 2 is 1.65 bits per heavy atom. The highest BCUT2D eigenvalue weighted by Crippen LogP contribution is 2.15. The predicted molar refractivity (Wildman–Crippen MR) is 106 cm³/mol. The van der Waals surface area contributed by atoms with E-state index in [9.17, 15) is 9.59 Å². The molecule has 1 aromatic carbocycles. The monoisotopic (exact) mass is 359 g/mol. The molecule has 1 aromatic rings.